The van der Waals surface area contributed by atoms with Gasteiger partial charge in [0.05, 0.1) is 29.4 Å². The summed E-state index contributed by atoms with van der Waals surface area (Å²) in [6.45, 7) is 8.83. The number of carbonyl (C=O) groups excluding carboxylic acids is 2. The summed E-state index contributed by atoms with van der Waals surface area (Å²) >= 11 is 1.51. The van der Waals surface area contributed by atoms with Crippen LogP contribution in [0.1, 0.15) is 63.9 Å². The van der Waals surface area contributed by atoms with E-state index in [2.05, 4.69) is 32.2 Å². The Morgan fingerprint density at radius 2 is 1.86 bits per heavy atom. The van der Waals surface area contributed by atoms with E-state index in [4.69, 9.17) is 9.72 Å². The maximum Gasteiger partial charge on any atom is 0.341 e. The van der Waals surface area contributed by atoms with Crippen LogP contribution >= 0.6 is 11.3 Å². The van der Waals surface area contributed by atoms with Crippen molar-refractivity contribution >= 4 is 39.1 Å². The molecule has 0 fully saturated rings. The summed E-state index contributed by atoms with van der Waals surface area (Å²) < 4.78 is 5.15. The number of rotatable bonds is 4. The SMILES string of the molecule is COC(=O)c1c(NC(=O)c2cc(-c3cccc(C)c3)nc3ccccc23)sc2c1CC[C@@H](C(C)(C)C)C2. The lowest BCUT2D eigenvalue weighted by Gasteiger charge is -2.33. The van der Waals surface area contributed by atoms with Gasteiger partial charge in [0.25, 0.3) is 5.91 Å². The highest BCUT2D eigenvalue weighted by Gasteiger charge is 2.34. The first-order valence-electron chi connectivity index (χ1n) is 12.7. The monoisotopic (exact) mass is 512 g/mol. The zero-order chi connectivity index (χ0) is 26.3. The van der Waals surface area contributed by atoms with Crippen LogP contribution in [0.5, 0.6) is 0 Å². The van der Waals surface area contributed by atoms with Crippen LogP contribution in [0.15, 0.2) is 54.6 Å². The molecule has 6 heteroatoms. The van der Waals surface area contributed by atoms with Gasteiger partial charge in [-0.25, -0.2) is 9.78 Å². The van der Waals surface area contributed by atoms with E-state index in [9.17, 15) is 9.59 Å². The van der Waals surface area contributed by atoms with Gasteiger partial charge in [0.15, 0.2) is 0 Å². The van der Waals surface area contributed by atoms with Crippen molar-refractivity contribution in [1.82, 2.24) is 4.98 Å². The smallest absolute Gasteiger partial charge is 0.341 e. The van der Waals surface area contributed by atoms with Crippen LogP contribution in [-0.2, 0) is 17.6 Å². The van der Waals surface area contributed by atoms with Gasteiger partial charge in [0.2, 0.25) is 0 Å². The molecule has 2 heterocycles. The summed E-state index contributed by atoms with van der Waals surface area (Å²) in [7, 11) is 1.39. The number of ether oxygens (including phenoxy) is 1. The summed E-state index contributed by atoms with van der Waals surface area (Å²) in [5.74, 6) is -0.139. The molecule has 0 unspecified atom stereocenters. The van der Waals surface area contributed by atoms with E-state index < -0.39 is 5.97 Å². The molecule has 1 amide bonds. The van der Waals surface area contributed by atoms with Crippen LogP contribution in [-0.4, -0.2) is 24.0 Å². The summed E-state index contributed by atoms with van der Waals surface area (Å²) in [5.41, 5.74) is 5.79. The van der Waals surface area contributed by atoms with E-state index >= 15 is 0 Å². The fourth-order valence-electron chi connectivity index (χ4n) is 5.22. The van der Waals surface area contributed by atoms with Crippen molar-refractivity contribution in [2.24, 2.45) is 11.3 Å². The number of pyridine rings is 1. The molecule has 2 aromatic heterocycles. The van der Waals surface area contributed by atoms with Crippen molar-refractivity contribution in [3.8, 4) is 11.3 Å². The minimum Gasteiger partial charge on any atom is -0.465 e. The lowest BCUT2D eigenvalue weighted by atomic mass is 9.72. The van der Waals surface area contributed by atoms with Crippen LogP contribution in [0.4, 0.5) is 5.00 Å². The maximum absolute atomic E-state index is 13.8. The average molecular weight is 513 g/mol. The number of esters is 1. The molecule has 1 N–H and O–H groups in total. The Morgan fingerprint density at radius 3 is 2.59 bits per heavy atom. The first-order valence-corrected chi connectivity index (χ1v) is 13.5. The third kappa shape index (κ3) is 4.90. The normalized spacial score (nSPS) is 15.3. The number of benzene rings is 2. The van der Waals surface area contributed by atoms with Gasteiger partial charge in [-0.1, -0.05) is 62.7 Å². The summed E-state index contributed by atoms with van der Waals surface area (Å²) in [6.07, 6.45) is 2.72. The van der Waals surface area contributed by atoms with Gasteiger partial charge in [0.1, 0.15) is 5.00 Å². The van der Waals surface area contributed by atoms with Crippen LogP contribution < -0.4 is 5.32 Å². The maximum atomic E-state index is 13.8. The Morgan fingerprint density at radius 1 is 1.08 bits per heavy atom. The van der Waals surface area contributed by atoms with E-state index in [1.165, 1.54) is 23.3 Å². The van der Waals surface area contributed by atoms with Crippen LogP contribution in [0.25, 0.3) is 22.2 Å². The first kappa shape index (κ1) is 25.2. The summed E-state index contributed by atoms with van der Waals surface area (Å²) in [6, 6.07) is 17.6. The van der Waals surface area contributed by atoms with Crippen molar-refractivity contribution in [1.29, 1.82) is 0 Å². The Bertz CT molecular complexity index is 1510. The van der Waals surface area contributed by atoms with Gasteiger partial charge < -0.3 is 10.1 Å². The molecule has 1 aliphatic rings. The topological polar surface area (TPSA) is 68.3 Å². The third-order valence-corrected chi connectivity index (χ3v) is 8.55. The average Bonchev–Trinajstić information content (AvgIpc) is 3.24. The summed E-state index contributed by atoms with van der Waals surface area (Å²) in [4.78, 5) is 32.7. The van der Waals surface area contributed by atoms with E-state index in [0.29, 0.717) is 22.0 Å². The van der Waals surface area contributed by atoms with Gasteiger partial charge in [-0.05, 0) is 61.3 Å². The number of amides is 1. The fraction of sp³-hybridized carbons (Fsp3) is 0.323. The Hall–Kier alpha value is -3.51. The van der Waals surface area contributed by atoms with Crippen molar-refractivity contribution in [3.05, 3.63) is 81.7 Å². The van der Waals surface area contributed by atoms with Crippen LogP contribution in [0.3, 0.4) is 0 Å². The largest absolute Gasteiger partial charge is 0.465 e. The highest BCUT2D eigenvalue weighted by molar-refractivity contribution is 7.17. The van der Waals surface area contributed by atoms with Crippen molar-refractivity contribution in [3.63, 3.8) is 0 Å². The zero-order valence-electron chi connectivity index (χ0n) is 22.0. The number of aryl methyl sites for hydroxylation is 1. The number of carbonyl (C=O) groups is 2. The molecule has 1 atom stereocenters. The number of hydrogen-bond acceptors (Lipinski definition) is 5. The van der Waals surface area contributed by atoms with Crippen LogP contribution in [0, 0.1) is 18.3 Å². The number of thiophene rings is 1. The van der Waals surface area contributed by atoms with E-state index in [1.54, 1.807) is 0 Å². The quantitative estimate of drug-likeness (QED) is 0.288. The number of methoxy groups -OCH3 is 1. The highest BCUT2D eigenvalue weighted by atomic mass is 32.1. The van der Waals surface area contributed by atoms with Gasteiger partial charge in [-0.15, -0.1) is 11.3 Å². The fourth-order valence-corrected chi connectivity index (χ4v) is 6.53. The molecule has 0 aliphatic heterocycles. The highest BCUT2D eigenvalue weighted by Crippen LogP contribution is 2.44. The second-order valence-electron chi connectivity index (χ2n) is 10.9. The molecule has 5 nitrogen and oxygen atoms in total. The summed E-state index contributed by atoms with van der Waals surface area (Å²) in [5, 5.41) is 4.42. The molecular weight excluding hydrogens is 480 g/mol. The molecule has 1 aliphatic carbocycles. The Balaban J connectivity index is 1.56. The van der Waals surface area contributed by atoms with Gasteiger partial charge >= 0.3 is 5.97 Å². The number of fused-ring (bicyclic) bond motifs is 2. The third-order valence-electron chi connectivity index (χ3n) is 7.38. The molecule has 37 heavy (non-hydrogen) atoms. The van der Waals surface area contributed by atoms with Gasteiger partial charge in [-0.3, -0.25) is 4.79 Å². The molecule has 0 spiro atoms. The lowest BCUT2D eigenvalue weighted by molar-refractivity contribution is 0.0600. The first-order chi connectivity index (χ1) is 17.7. The second kappa shape index (κ2) is 9.75. The van der Waals surface area contributed by atoms with E-state index in [-0.39, 0.29) is 11.3 Å². The van der Waals surface area contributed by atoms with Crippen molar-refractivity contribution in [2.45, 2.75) is 47.0 Å². The van der Waals surface area contributed by atoms with Crippen molar-refractivity contribution in [2.75, 3.05) is 12.4 Å². The number of para-hydroxylation sites is 1. The minimum absolute atomic E-state index is 0.179. The molecule has 0 saturated carbocycles. The number of aromatic nitrogens is 1. The van der Waals surface area contributed by atoms with E-state index in [0.717, 1.165) is 52.5 Å². The van der Waals surface area contributed by atoms with E-state index in [1.807, 2.05) is 55.5 Å². The second-order valence-corrected chi connectivity index (χ2v) is 12.0. The Kier molecular flexibility index (Phi) is 6.63. The van der Waals surface area contributed by atoms with Gasteiger partial charge in [0, 0.05) is 15.8 Å². The molecule has 0 radical (unpaired) electrons. The van der Waals surface area contributed by atoms with Crippen LogP contribution in [0.2, 0.25) is 0 Å². The predicted molar refractivity (Wildman–Crippen MR) is 150 cm³/mol. The number of nitrogens with zero attached hydrogens (tertiary/aromatic N) is 1. The van der Waals surface area contributed by atoms with Gasteiger partial charge in [-0.2, -0.15) is 0 Å². The number of anilines is 1. The zero-order valence-corrected chi connectivity index (χ0v) is 22.8. The molecule has 5 rings (SSSR count). The minimum atomic E-state index is -0.401. The molecule has 2 aromatic carbocycles. The van der Waals surface area contributed by atoms with Crippen molar-refractivity contribution < 1.29 is 14.3 Å². The molecule has 0 bridgehead atoms. The molecule has 4 aromatic rings. The number of hydrogen-bond donors (Lipinski definition) is 1. The number of nitrogens with one attached hydrogen (secondary N) is 1. The Labute approximate surface area is 221 Å². The standard InChI is InChI=1S/C31H32N2O3S/c1-18-9-8-10-19(15-18)25-17-23(21-11-6-7-12-24(21)32-25)28(34)33-29-27(30(35)36-5)22-14-13-20(31(2,3)4)16-26(22)37-29/h6-12,15,17,20H,13-14,16H2,1-5H3,(H,33,34)/t20-/m1/s1. The predicted octanol–water partition coefficient (Wildman–Crippen LogP) is 7.46. The molecular formula is C31H32N2O3S. The lowest BCUT2D eigenvalue weighted by Crippen LogP contribution is -2.26. The molecule has 0 saturated heterocycles. The molecule has 190 valence electrons.